The van der Waals surface area contributed by atoms with Gasteiger partial charge in [0.05, 0.1) is 6.54 Å². The van der Waals surface area contributed by atoms with Crippen molar-refractivity contribution in [3.05, 3.63) is 90.0 Å². The molecule has 0 fully saturated rings. The molecule has 3 amide bonds. The van der Waals surface area contributed by atoms with Gasteiger partial charge in [-0.15, -0.1) is 0 Å². The van der Waals surface area contributed by atoms with E-state index in [1.807, 2.05) is 49.4 Å². The smallest absolute Gasteiger partial charge is 0.325 e. The number of carbonyl (C=O) groups excluding carboxylic acids is 4. The van der Waals surface area contributed by atoms with Crippen LogP contribution in [0.15, 0.2) is 78.9 Å². The molecule has 0 heterocycles. The number of nitrogens with one attached hydrogen (secondary N) is 2. The second-order valence-electron chi connectivity index (χ2n) is 7.95. The predicted molar refractivity (Wildman–Crippen MR) is 134 cm³/mol. The van der Waals surface area contributed by atoms with E-state index in [2.05, 4.69) is 10.6 Å². The number of amides is 3. The highest BCUT2D eigenvalue weighted by Crippen LogP contribution is 2.21. The van der Waals surface area contributed by atoms with E-state index in [1.165, 1.54) is 7.05 Å². The summed E-state index contributed by atoms with van der Waals surface area (Å²) in [7, 11) is 1.43. The summed E-state index contributed by atoms with van der Waals surface area (Å²) in [5.41, 5.74) is 2.01. The van der Waals surface area contributed by atoms with Crippen LogP contribution in [-0.4, -0.2) is 55.3 Å². The summed E-state index contributed by atoms with van der Waals surface area (Å²) in [5.74, 6) is -0.958. The fourth-order valence-corrected chi connectivity index (χ4v) is 3.00. The average molecular weight is 490 g/mol. The summed E-state index contributed by atoms with van der Waals surface area (Å²) >= 11 is 0. The predicted octanol–water partition coefficient (Wildman–Crippen LogP) is 3.16. The van der Waals surface area contributed by atoms with Crippen LogP contribution in [0, 0.1) is 6.92 Å². The highest BCUT2D eigenvalue weighted by molar-refractivity contribution is 5.96. The van der Waals surface area contributed by atoms with Crippen molar-refractivity contribution < 1.29 is 28.7 Å². The topological polar surface area (TPSA) is 114 Å². The van der Waals surface area contributed by atoms with E-state index in [-0.39, 0.29) is 12.5 Å². The van der Waals surface area contributed by atoms with Gasteiger partial charge in [0.25, 0.3) is 11.8 Å². The summed E-state index contributed by atoms with van der Waals surface area (Å²) in [6.45, 7) is 0.774. The number of aryl methyl sites for hydroxylation is 1. The lowest BCUT2D eigenvalue weighted by atomic mass is 10.2. The normalized spacial score (nSPS) is 10.2. The van der Waals surface area contributed by atoms with E-state index < -0.39 is 30.9 Å². The Labute approximate surface area is 209 Å². The average Bonchev–Trinajstić information content (AvgIpc) is 2.88. The number of anilines is 1. The van der Waals surface area contributed by atoms with Crippen molar-refractivity contribution in [2.75, 3.05) is 32.1 Å². The second-order valence-corrected chi connectivity index (χ2v) is 7.95. The third-order valence-electron chi connectivity index (χ3n) is 4.99. The van der Waals surface area contributed by atoms with Crippen LogP contribution in [0.3, 0.4) is 0 Å². The number of benzene rings is 3. The number of likely N-dealkylation sites (N-methyl/N-ethyl adjacent to an activating group) is 1. The van der Waals surface area contributed by atoms with Gasteiger partial charge in [0.15, 0.2) is 6.61 Å². The van der Waals surface area contributed by atoms with E-state index in [9.17, 15) is 19.2 Å². The Kier molecular flexibility index (Phi) is 9.16. The zero-order valence-corrected chi connectivity index (χ0v) is 20.0. The molecule has 0 unspecified atom stereocenters. The van der Waals surface area contributed by atoms with Crippen molar-refractivity contribution in [1.82, 2.24) is 10.2 Å². The molecule has 0 aliphatic heterocycles. The highest BCUT2D eigenvalue weighted by Gasteiger charge is 2.16. The molecule has 9 nitrogen and oxygen atoms in total. The first-order chi connectivity index (χ1) is 17.3. The van der Waals surface area contributed by atoms with Crippen LogP contribution in [0.4, 0.5) is 5.69 Å². The molecule has 0 aliphatic rings. The largest absolute Gasteiger partial charge is 0.457 e. The fourth-order valence-electron chi connectivity index (χ4n) is 3.00. The monoisotopic (exact) mass is 489 g/mol. The molecule has 186 valence electrons. The number of carbonyl (C=O) groups is 4. The van der Waals surface area contributed by atoms with Gasteiger partial charge in [-0.1, -0.05) is 35.9 Å². The third kappa shape index (κ3) is 8.28. The minimum absolute atomic E-state index is 0.203. The van der Waals surface area contributed by atoms with Crippen molar-refractivity contribution in [3.63, 3.8) is 0 Å². The molecular formula is C27H27N3O6. The molecule has 0 atom stereocenters. The van der Waals surface area contributed by atoms with E-state index >= 15 is 0 Å². The van der Waals surface area contributed by atoms with E-state index in [0.29, 0.717) is 22.7 Å². The second kappa shape index (κ2) is 12.7. The lowest BCUT2D eigenvalue weighted by Gasteiger charge is -2.17. The molecule has 36 heavy (non-hydrogen) atoms. The molecule has 0 bridgehead atoms. The van der Waals surface area contributed by atoms with E-state index in [4.69, 9.17) is 9.47 Å². The molecular weight excluding hydrogens is 462 g/mol. The first-order valence-corrected chi connectivity index (χ1v) is 11.2. The fraction of sp³-hybridized carbons (Fsp3) is 0.185. The molecule has 3 rings (SSSR count). The van der Waals surface area contributed by atoms with Crippen LogP contribution < -0.4 is 15.4 Å². The van der Waals surface area contributed by atoms with Gasteiger partial charge < -0.3 is 25.0 Å². The molecule has 0 aromatic heterocycles. The van der Waals surface area contributed by atoms with Crippen LogP contribution in [0.2, 0.25) is 0 Å². The zero-order chi connectivity index (χ0) is 25.9. The van der Waals surface area contributed by atoms with Gasteiger partial charge in [-0.25, -0.2) is 0 Å². The quantitative estimate of drug-likeness (QED) is 0.423. The maximum atomic E-state index is 12.3. The minimum atomic E-state index is -0.779. The number of esters is 1. The van der Waals surface area contributed by atoms with Crippen LogP contribution >= 0.6 is 0 Å². The molecule has 3 aromatic rings. The van der Waals surface area contributed by atoms with Crippen LogP contribution in [0.25, 0.3) is 0 Å². The maximum Gasteiger partial charge on any atom is 0.325 e. The van der Waals surface area contributed by atoms with Crippen molar-refractivity contribution in [2.24, 2.45) is 0 Å². The number of para-hydroxylation sites is 1. The number of hydrogen-bond acceptors (Lipinski definition) is 6. The zero-order valence-electron chi connectivity index (χ0n) is 20.0. The molecule has 0 radical (unpaired) electrons. The maximum absolute atomic E-state index is 12.3. The van der Waals surface area contributed by atoms with Gasteiger partial charge in [0.2, 0.25) is 5.91 Å². The molecule has 0 aliphatic carbocycles. The summed E-state index contributed by atoms with van der Waals surface area (Å²) in [6, 6.07) is 22.9. The molecule has 9 heteroatoms. The Morgan fingerprint density at radius 3 is 2.14 bits per heavy atom. The number of rotatable bonds is 10. The van der Waals surface area contributed by atoms with Crippen molar-refractivity contribution in [2.45, 2.75) is 6.92 Å². The third-order valence-corrected chi connectivity index (χ3v) is 4.99. The molecule has 2 N–H and O–H groups in total. The SMILES string of the molecule is Cc1ccc(NC(=O)CN(C)C(=O)COC(=O)CNC(=O)c2ccc(Oc3ccccc3)cc2)cc1. The summed E-state index contributed by atoms with van der Waals surface area (Å²) < 4.78 is 10.6. The van der Waals surface area contributed by atoms with Crippen LogP contribution in [-0.2, 0) is 19.1 Å². The Hall–Kier alpha value is -4.66. The van der Waals surface area contributed by atoms with Crippen molar-refractivity contribution >= 4 is 29.4 Å². The van der Waals surface area contributed by atoms with Gasteiger partial charge in [0, 0.05) is 18.3 Å². The lowest BCUT2D eigenvalue weighted by Crippen LogP contribution is -2.38. The van der Waals surface area contributed by atoms with Gasteiger partial charge in [-0.05, 0) is 55.5 Å². The molecule has 0 spiro atoms. The summed E-state index contributed by atoms with van der Waals surface area (Å²) in [6.07, 6.45) is 0. The molecule has 0 saturated heterocycles. The Morgan fingerprint density at radius 2 is 1.47 bits per heavy atom. The lowest BCUT2D eigenvalue weighted by molar-refractivity contribution is -0.150. The highest BCUT2D eigenvalue weighted by atomic mass is 16.5. The van der Waals surface area contributed by atoms with Gasteiger partial charge in [-0.2, -0.15) is 0 Å². The van der Waals surface area contributed by atoms with Crippen LogP contribution in [0.5, 0.6) is 11.5 Å². The first kappa shape index (κ1) is 26.0. The van der Waals surface area contributed by atoms with E-state index in [0.717, 1.165) is 10.5 Å². The standard InChI is InChI=1S/C27H27N3O6/c1-19-8-12-21(13-9-19)29-24(31)17-30(2)25(32)18-35-26(33)16-28-27(34)20-10-14-23(15-11-20)36-22-6-4-3-5-7-22/h3-15H,16-18H2,1-2H3,(H,28,34)(H,29,31). The van der Waals surface area contributed by atoms with Crippen molar-refractivity contribution in [3.8, 4) is 11.5 Å². The molecule has 0 saturated carbocycles. The van der Waals surface area contributed by atoms with Gasteiger partial charge in [0.1, 0.15) is 18.0 Å². The number of ether oxygens (including phenoxy) is 2. The van der Waals surface area contributed by atoms with Gasteiger partial charge >= 0.3 is 5.97 Å². The minimum Gasteiger partial charge on any atom is -0.457 e. The number of hydrogen-bond donors (Lipinski definition) is 2. The number of nitrogens with zero attached hydrogens (tertiary/aromatic N) is 1. The Balaban J connectivity index is 1.36. The Morgan fingerprint density at radius 1 is 0.833 bits per heavy atom. The van der Waals surface area contributed by atoms with E-state index in [1.54, 1.807) is 36.4 Å². The molecule has 3 aromatic carbocycles. The summed E-state index contributed by atoms with van der Waals surface area (Å²) in [5, 5.41) is 5.13. The van der Waals surface area contributed by atoms with Crippen molar-refractivity contribution in [1.29, 1.82) is 0 Å². The summed E-state index contributed by atoms with van der Waals surface area (Å²) in [4.78, 5) is 49.6. The van der Waals surface area contributed by atoms with Crippen LogP contribution in [0.1, 0.15) is 15.9 Å². The Bertz CT molecular complexity index is 1190. The van der Waals surface area contributed by atoms with Gasteiger partial charge in [-0.3, -0.25) is 19.2 Å². The first-order valence-electron chi connectivity index (χ1n) is 11.2.